The van der Waals surface area contributed by atoms with E-state index < -0.39 is 0 Å². The van der Waals surface area contributed by atoms with Crippen LogP contribution in [-0.4, -0.2) is 26.8 Å². The van der Waals surface area contributed by atoms with Crippen LogP contribution in [0.1, 0.15) is 0 Å². The molecule has 0 fully saturated rings. The minimum absolute atomic E-state index is 0.474. The van der Waals surface area contributed by atoms with Crippen molar-refractivity contribution in [3.63, 3.8) is 0 Å². The molecule has 6 heteroatoms. The Labute approximate surface area is 87.2 Å². The Balaban J connectivity index is 2.49. The maximum absolute atomic E-state index is 5.60. The van der Waals surface area contributed by atoms with E-state index in [9.17, 15) is 0 Å². The second-order valence-electron chi connectivity index (χ2n) is 3.10. The molecule has 6 nitrogen and oxygen atoms in total. The van der Waals surface area contributed by atoms with Crippen molar-refractivity contribution in [2.24, 2.45) is 7.05 Å². The Morgan fingerprint density at radius 3 is 2.73 bits per heavy atom. The number of aromatic nitrogens is 4. The molecule has 2 aromatic rings. The number of nitrogen functional groups attached to an aromatic ring is 1. The van der Waals surface area contributed by atoms with E-state index in [2.05, 4.69) is 20.5 Å². The Hall–Kier alpha value is -2.11. The van der Waals surface area contributed by atoms with Crippen molar-refractivity contribution in [3.05, 3.63) is 18.2 Å². The number of hydrogen-bond donors (Lipinski definition) is 2. The topological polar surface area (TPSA) is 81.7 Å². The molecule has 0 bridgehead atoms. The summed E-state index contributed by atoms with van der Waals surface area (Å²) in [5.41, 5.74) is 6.32. The average molecular weight is 204 g/mol. The number of nitrogens with one attached hydrogen (secondary N) is 1. The summed E-state index contributed by atoms with van der Waals surface area (Å²) in [5.74, 6) is 1.85. The van der Waals surface area contributed by atoms with Crippen LogP contribution in [-0.2, 0) is 7.05 Å². The van der Waals surface area contributed by atoms with Crippen molar-refractivity contribution in [2.75, 3.05) is 18.1 Å². The Kier molecular flexibility index (Phi) is 2.24. The molecular weight excluding hydrogens is 192 g/mol. The number of rotatable bonds is 2. The normalized spacial score (nSPS) is 10.3. The van der Waals surface area contributed by atoms with Crippen LogP contribution in [0.2, 0.25) is 0 Å². The fourth-order valence-corrected chi connectivity index (χ4v) is 1.35. The number of nitrogens with zero attached hydrogens (tertiary/aromatic N) is 4. The highest BCUT2D eigenvalue weighted by Gasteiger charge is 2.10. The molecule has 0 spiro atoms. The van der Waals surface area contributed by atoms with Crippen LogP contribution in [0.4, 0.5) is 11.8 Å². The van der Waals surface area contributed by atoms with Gasteiger partial charge in [-0.15, -0.1) is 10.2 Å². The minimum atomic E-state index is 0.474. The maximum Gasteiger partial charge on any atom is 0.224 e. The second kappa shape index (κ2) is 3.56. The van der Waals surface area contributed by atoms with Gasteiger partial charge in [-0.3, -0.25) is 4.57 Å². The molecule has 2 heterocycles. The summed E-state index contributed by atoms with van der Waals surface area (Å²) in [6.07, 6.45) is 0. The zero-order valence-electron chi connectivity index (χ0n) is 8.60. The van der Waals surface area contributed by atoms with Gasteiger partial charge in [0.2, 0.25) is 5.95 Å². The van der Waals surface area contributed by atoms with Gasteiger partial charge in [0.1, 0.15) is 11.5 Å². The van der Waals surface area contributed by atoms with E-state index in [0.29, 0.717) is 23.3 Å². The molecule has 0 aromatic carbocycles. The summed E-state index contributed by atoms with van der Waals surface area (Å²) in [5, 5.41) is 10.9. The molecule has 0 aliphatic heterocycles. The molecule has 3 N–H and O–H groups in total. The van der Waals surface area contributed by atoms with Gasteiger partial charge in [0.15, 0.2) is 5.82 Å². The van der Waals surface area contributed by atoms with Gasteiger partial charge in [-0.05, 0) is 12.1 Å². The number of nitrogens with two attached hydrogens (primary N) is 1. The molecular formula is C9H12N6. The van der Waals surface area contributed by atoms with Gasteiger partial charge >= 0.3 is 0 Å². The molecule has 0 radical (unpaired) electrons. The molecule has 2 rings (SSSR count). The van der Waals surface area contributed by atoms with Gasteiger partial charge in [-0.1, -0.05) is 6.07 Å². The van der Waals surface area contributed by atoms with E-state index in [0.717, 1.165) is 0 Å². The molecule has 0 aliphatic rings. The van der Waals surface area contributed by atoms with Crippen molar-refractivity contribution in [1.29, 1.82) is 0 Å². The molecule has 0 atom stereocenters. The first-order valence-corrected chi connectivity index (χ1v) is 4.52. The second-order valence-corrected chi connectivity index (χ2v) is 3.10. The van der Waals surface area contributed by atoms with Crippen molar-refractivity contribution in [1.82, 2.24) is 19.7 Å². The molecule has 0 unspecified atom stereocenters. The van der Waals surface area contributed by atoms with E-state index in [-0.39, 0.29) is 0 Å². The standard InChI is InChI=1S/C9H12N6/c1-11-9-14-13-8(15(9)2)6-4-3-5-7(10)12-6/h3-5H,1-2H3,(H2,10,12)(H,11,14). The minimum Gasteiger partial charge on any atom is -0.384 e. The molecule has 0 saturated heterocycles. The maximum atomic E-state index is 5.60. The Morgan fingerprint density at radius 2 is 2.13 bits per heavy atom. The number of anilines is 2. The summed E-state index contributed by atoms with van der Waals surface area (Å²) in [6, 6.07) is 5.42. The van der Waals surface area contributed by atoms with E-state index in [4.69, 9.17) is 5.73 Å². The molecule has 2 aromatic heterocycles. The molecule has 0 saturated carbocycles. The van der Waals surface area contributed by atoms with Crippen LogP contribution in [0.15, 0.2) is 18.2 Å². The quantitative estimate of drug-likeness (QED) is 0.744. The first-order chi connectivity index (χ1) is 7.22. The lowest BCUT2D eigenvalue weighted by Gasteiger charge is -2.02. The van der Waals surface area contributed by atoms with E-state index in [1.54, 1.807) is 13.1 Å². The first-order valence-electron chi connectivity index (χ1n) is 4.52. The van der Waals surface area contributed by atoms with Crippen LogP contribution in [0, 0.1) is 0 Å². The highest BCUT2D eigenvalue weighted by molar-refractivity contribution is 5.54. The van der Waals surface area contributed by atoms with Crippen molar-refractivity contribution < 1.29 is 0 Å². The van der Waals surface area contributed by atoms with E-state index in [1.807, 2.05) is 23.7 Å². The largest absolute Gasteiger partial charge is 0.384 e. The monoisotopic (exact) mass is 204 g/mol. The van der Waals surface area contributed by atoms with Gasteiger partial charge in [0.05, 0.1) is 0 Å². The predicted molar refractivity (Wildman–Crippen MR) is 58.2 cm³/mol. The van der Waals surface area contributed by atoms with Crippen LogP contribution in [0.25, 0.3) is 11.5 Å². The third-order valence-corrected chi connectivity index (χ3v) is 2.10. The molecule has 78 valence electrons. The summed E-state index contributed by atoms with van der Waals surface area (Å²) in [7, 11) is 3.66. The summed E-state index contributed by atoms with van der Waals surface area (Å²) in [6.45, 7) is 0. The third kappa shape index (κ3) is 1.61. The van der Waals surface area contributed by atoms with Crippen LogP contribution in [0.3, 0.4) is 0 Å². The van der Waals surface area contributed by atoms with Crippen molar-refractivity contribution >= 4 is 11.8 Å². The van der Waals surface area contributed by atoms with Crippen molar-refractivity contribution in [3.8, 4) is 11.5 Å². The van der Waals surface area contributed by atoms with Gasteiger partial charge < -0.3 is 11.1 Å². The third-order valence-electron chi connectivity index (χ3n) is 2.10. The van der Waals surface area contributed by atoms with Crippen molar-refractivity contribution in [2.45, 2.75) is 0 Å². The SMILES string of the molecule is CNc1nnc(-c2cccc(N)n2)n1C. The number of pyridine rings is 1. The van der Waals surface area contributed by atoms with Gasteiger partial charge in [-0.2, -0.15) is 0 Å². The average Bonchev–Trinajstić information content (AvgIpc) is 2.59. The fourth-order valence-electron chi connectivity index (χ4n) is 1.35. The predicted octanol–water partition coefficient (Wildman–Crippen LogP) is 0.501. The summed E-state index contributed by atoms with van der Waals surface area (Å²) >= 11 is 0. The first kappa shape index (κ1) is 9.45. The van der Waals surface area contributed by atoms with Crippen LogP contribution in [0.5, 0.6) is 0 Å². The van der Waals surface area contributed by atoms with Gasteiger partial charge in [0.25, 0.3) is 0 Å². The van der Waals surface area contributed by atoms with E-state index in [1.165, 1.54) is 0 Å². The van der Waals surface area contributed by atoms with Gasteiger partial charge in [-0.25, -0.2) is 4.98 Å². The highest BCUT2D eigenvalue weighted by Crippen LogP contribution is 2.17. The smallest absolute Gasteiger partial charge is 0.224 e. The molecule has 0 aliphatic carbocycles. The molecule has 15 heavy (non-hydrogen) atoms. The zero-order valence-corrected chi connectivity index (χ0v) is 8.60. The fraction of sp³-hybridized carbons (Fsp3) is 0.222. The summed E-state index contributed by atoms with van der Waals surface area (Å²) < 4.78 is 1.82. The molecule has 0 amide bonds. The van der Waals surface area contributed by atoms with Crippen LogP contribution >= 0.6 is 0 Å². The number of hydrogen-bond acceptors (Lipinski definition) is 5. The zero-order chi connectivity index (χ0) is 10.8. The highest BCUT2D eigenvalue weighted by atomic mass is 15.3. The lowest BCUT2D eigenvalue weighted by molar-refractivity contribution is 0.919. The Bertz CT molecular complexity index is 475. The van der Waals surface area contributed by atoms with Crippen LogP contribution < -0.4 is 11.1 Å². The van der Waals surface area contributed by atoms with Gasteiger partial charge in [0, 0.05) is 14.1 Å². The summed E-state index contributed by atoms with van der Waals surface area (Å²) in [4.78, 5) is 4.18. The lowest BCUT2D eigenvalue weighted by Crippen LogP contribution is -2.01. The van der Waals surface area contributed by atoms with E-state index >= 15 is 0 Å². The Morgan fingerprint density at radius 1 is 1.33 bits per heavy atom. The lowest BCUT2D eigenvalue weighted by atomic mass is 10.3.